The number of amides is 2. The van der Waals surface area contributed by atoms with Crippen LogP contribution in [0.15, 0.2) is 48.5 Å². The van der Waals surface area contributed by atoms with Gasteiger partial charge in [0.25, 0.3) is 5.91 Å². The van der Waals surface area contributed by atoms with E-state index in [9.17, 15) is 9.59 Å². The molecule has 144 valence electrons. The zero-order chi connectivity index (χ0) is 19.5. The van der Waals surface area contributed by atoms with Gasteiger partial charge in [0.05, 0.1) is 10.4 Å². The number of hydrogen-bond acceptors (Lipinski definition) is 6. The van der Waals surface area contributed by atoms with Crippen molar-refractivity contribution in [3.63, 3.8) is 0 Å². The van der Waals surface area contributed by atoms with Crippen LogP contribution < -0.4 is 21.1 Å². The number of nitrogens with zero attached hydrogens (tertiary/aromatic N) is 2. The smallest absolute Gasteiger partial charge is 0.251 e. The van der Waals surface area contributed by atoms with E-state index in [2.05, 4.69) is 20.4 Å². The first kappa shape index (κ1) is 18.4. The monoisotopic (exact) mass is 395 g/mol. The Kier molecular flexibility index (Phi) is 5.23. The molecule has 3 aromatic rings. The number of nitrogens with one attached hydrogen (secondary N) is 3. The summed E-state index contributed by atoms with van der Waals surface area (Å²) in [5.74, 6) is 0.729. The standard InChI is InChI=1S/C20H21N5O2S/c1-13-12-18(26)25(23-13)15-8-6-14(7-9-15)20(27)22-11-10-21-19-16-4-2-3-5-17(16)28-24-19/h2-9,13,23H,10-12H2,1H3,(H,21,24)(H,22,27). The predicted molar refractivity (Wildman–Crippen MR) is 112 cm³/mol. The van der Waals surface area contributed by atoms with Gasteiger partial charge in [-0.05, 0) is 54.9 Å². The van der Waals surface area contributed by atoms with Crippen molar-refractivity contribution in [1.29, 1.82) is 0 Å². The maximum atomic E-state index is 12.3. The number of hydrogen-bond donors (Lipinski definition) is 3. The summed E-state index contributed by atoms with van der Waals surface area (Å²) in [6.07, 6.45) is 0.476. The van der Waals surface area contributed by atoms with Crippen LogP contribution in [0.5, 0.6) is 0 Å². The third-order valence-electron chi connectivity index (χ3n) is 4.55. The van der Waals surface area contributed by atoms with Crippen LogP contribution >= 0.6 is 11.5 Å². The van der Waals surface area contributed by atoms with Crippen molar-refractivity contribution in [2.24, 2.45) is 0 Å². The molecule has 2 aromatic carbocycles. The topological polar surface area (TPSA) is 86.4 Å². The van der Waals surface area contributed by atoms with Crippen LogP contribution in [0.2, 0.25) is 0 Å². The van der Waals surface area contributed by atoms with E-state index in [1.807, 2.05) is 31.2 Å². The van der Waals surface area contributed by atoms with Crippen LogP contribution in [0.1, 0.15) is 23.7 Å². The van der Waals surface area contributed by atoms with Crippen molar-refractivity contribution < 1.29 is 9.59 Å². The number of anilines is 2. The van der Waals surface area contributed by atoms with Crippen molar-refractivity contribution in [2.75, 3.05) is 23.4 Å². The third kappa shape index (κ3) is 3.83. The number of fused-ring (bicyclic) bond motifs is 1. The molecule has 1 aliphatic heterocycles. The Bertz CT molecular complexity index is 1000. The van der Waals surface area contributed by atoms with Gasteiger partial charge in [0.1, 0.15) is 5.82 Å². The average Bonchev–Trinajstić information content (AvgIpc) is 3.27. The lowest BCUT2D eigenvalue weighted by atomic mass is 10.2. The minimum Gasteiger partial charge on any atom is -0.367 e. The van der Waals surface area contributed by atoms with E-state index in [0.29, 0.717) is 25.1 Å². The zero-order valence-corrected chi connectivity index (χ0v) is 16.3. The molecule has 3 N–H and O–H groups in total. The molecule has 2 heterocycles. The molecule has 0 saturated carbocycles. The Morgan fingerprint density at radius 3 is 2.75 bits per heavy atom. The molecule has 2 amide bonds. The van der Waals surface area contributed by atoms with E-state index >= 15 is 0 Å². The summed E-state index contributed by atoms with van der Waals surface area (Å²) in [6, 6.07) is 15.2. The van der Waals surface area contributed by atoms with E-state index in [0.717, 1.165) is 21.6 Å². The van der Waals surface area contributed by atoms with E-state index in [-0.39, 0.29) is 17.9 Å². The summed E-state index contributed by atoms with van der Waals surface area (Å²) in [4.78, 5) is 24.2. The molecule has 0 bridgehead atoms. The van der Waals surface area contributed by atoms with Gasteiger partial charge in [0.2, 0.25) is 5.91 Å². The van der Waals surface area contributed by atoms with Crippen LogP contribution in [-0.2, 0) is 4.79 Å². The lowest BCUT2D eigenvalue weighted by molar-refractivity contribution is -0.117. The van der Waals surface area contributed by atoms with Gasteiger partial charge in [0.15, 0.2) is 0 Å². The Morgan fingerprint density at radius 2 is 2.00 bits per heavy atom. The van der Waals surface area contributed by atoms with Gasteiger partial charge in [-0.3, -0.25) is 9.59 Å². The lowest BCUT2D eigenvalue weighted by Crippen LogP contribution is -2.36. The average molecular weight is 395 g/mol. The molecule has 1 aromatic heterocycles. The summed E-state index contributed by atoms with van der Waals surface area (Å²) in [5, 5.41) is 8.78. The fraction of sp³-hybridized carbons (Fsp3) is 0.250. The summed E-state index contributed by atoms with van der Waals surface area (Å²) in [7, 11) is 0. The Balaban J connectivity index is 1.28. The molecule has 1 fully saturated rings. The summed E-state index contributed by atoms with van der Waals surface area (Å²) in [6.45, 7) is 3.03. The zero-order valence-electron chi connectivity index (χ0n) is 15.4. The SMILES string of the molecule is CC1CC(=O)N(c2ccc(C(=O)NCCNc3nsc4ccccc34)cc2)N1. The number of carbonyl (C=O) groups excluding carboxylic acids is 2. The molecule has 1 aliphatic rings. The van der Waals surface area contributed by atoms with Crippen LogP contribution in [0.25, 0.3) is 10.1 Å². The van der Waals surface area contributed by atoms with Gasteiger partial charge in [-0.25, -0.2) is 10.4 Å². The molecular formula is C20H21N5O2S. The molecule has 0 aliphatic carbocycles. The summed E-state index contributed by atoms with van der Waals surface area (Å²) < 4.78 is 5.54. The molecule has 0 spiro atoms. The van der Waals surface area contributed by atoms with Crippen molar-refractivity contribution in [3.05, 3.63) is 54.1 Å². The predicted octanol–water partition coefficient (Wildman–Crippen LogP) is 2.77. The quantitative estimate of drug-likeness (QED) is 0.559. The number of hydrazine groups is 1. The van der Waals surface area contributed by atoms with E-state index in [1.165, 1.54) is 16.5 Å². The highest BCUT2D eigenvalue weighted by Gasteiger charge is 2.27. The van der Waals surface area contributed by atoms with Crippen molar-refractivity contribution in [3.8, 4) is 0 Å². The van der Waals surface area contributed by atoms with Gasteiger partial charge in [-0.1, -0.05) is 12.1 Å². The minimum atomic E-state index is -0.148. The minimum absolute atomic E-state index is 0.0327. The van der Waals surface area contributed by atoms with Crippen molar-refractivity contribution in [2.45, 2.75) is 19.4 Å². The molecule has 4 rings (SSSR count). The van der Waals surface area contributed by atoms with Gasteiger partial charge < -0.3 is 10.6 Å². The first-order chi connectivity index (χ1) is 13.6. The Hall–Kier alpha value is -2.97. The first-order valence-corrected chi connectivity index (χ1v) is 9.95. The van der Waals surface area contributed by atoms with Crippen LogP contribution in [0, 0.1) is 0 Å². The van der Waals surface area contributed by atoms with E-state index in [4.69, 9.17) is 0 Å². The second-order valence-corrected chi connectivity index (χ2v) is 7.53. The van der Waals surface area contributed by atoms with E-state index < -0.39 is 0 Å². The molecule has 7 nitrogen and oxygen atoms in total. The van der Waals surface area contributed by atoms with E-state index in [1.54, 1.807) is 24.3 Å². The number of rotatable bonds is 6. The van der Waals surface area contributed by atoms with Crippen molar-refractivity contribution >= 4 is 44.9 Å². The van der Waals surface area contributed by atoms with Crippen LogP contribution in [-0.4, -0.2) is 35.3 Å². The molecule has 1 unspecified atom stereocenters. The normalized spacial score (nSPS) is 16.5. The highest BCUT2D eigenvalue weighted by atomic mass is 32.1. The molecule has 1 saturated heterocycles. The summed E-state index contributed by atoms with van der Waals surface area (Å²) >= 11 is 1.45. The third-order valence-corrected chi connectivity index (χ3v) is 5.37. The maximum absolute atomic E-state index is 12.3. The number of aromatic nitrogens is 1. The van der Waals surface area contributed by atoms with Crippen molar-refractivity contribution in [1.82, 2.24) is 15.1 Å². The van der Waals surface area contributed by atoms with Crippen LogP contribution in [0.3, 0.4) is 0 Å². The molecular weight excluding hydrogens is 374 g/mol. The molecule has 8 heteroatoms. The molecule has 1 atom stereocenters. The maximum Gasteiger partial charge on any atom is 0.251 e. The number of benzene rings is 2. The summed E-state index contributed by atoms with van der Waals surface area (Å²) in [5.41, 5.74) is 4.40. The van der Waals surface area contributed by atoms with Crippen LogP contribution in [0.4, 0.5) is 11.5 Å². The Labute approximate surface area is 166 Å². The van der Waals surface area contributed by atoms with Gasteiger partial charge >= 0.3 is 0 Å². The molecule has 0 radical (unpaired) electrons. The largest absolute Gasteiger partial charge is 0.367 e. The molecule has 28 heavy (non-hydrogen) atoms. The highest BCUT2D eigenvalue weighted by Crippen LogP contribution is 2.25. The number of carbonyl (C=O) groups is 2. The van der Waals surface area contributed by atoms with Gasteiger partial charge in [-0.15, -0.1) is 0 Å². The first-order valence-electron chi connectivity index (χ1n) is 9.17. The highest BCUT2D eigenvalue weighted by molar-refractivity contribution is 7.13. The van der Waals surface area contributed by atoms with Gasteiger partial charge in [0, 0.05) is 36.5 Å². The second kappa shape index (κ2) is 7.95. The van der Waals surface area contributed by atoms with Gasteiger partial charge in [-0.2, -0.15) is 4.37 Å². The fourth-order valence-electron chi connectivity index (χ4n) is 3.14. The Morgan fingerprint density at radius 1 is 1.21 bits per heavy atom. The fourth-order valence-corrected chi connectivity index (χ4v) is 3.90. The lowest BCUT2D eigenvalue weighted by Gasteiger charge is -2.17. The second-order valence-electron chi connectivity index (χ2n) is 6.72.